The molecule has 1 aromatic heterocycles. The molecule has 7 nitrogen and oxygen atoms in total. The number of amides is 1. The van der Waals surface area contributed by atoms with Crippen LogP contribution < -0.4 is 5.32 Å². The van der Waals surface area contributed by atoms with Gasteiger partial charge in [0.2, 0.25) is 11.5 Å². The molecule has 7 heteroatoms. The summed E-state index contributed by atoms with van der Waals surface area (Å²) in [7, 11) is 0. The summed E-state index contributed by atoms with van der Waals surface area (Å²) in [5, 5.41) is 17.3. The van der Waals surface area contributed by atoms with E-state index in [0.29, 0.717) is 16.8 Å². The summed E-state index contributed by atoms with van der Waals surface area (Å²) in [6.07, 6.45) is 0. The number of nitrogens with zero attached hydrogens (tertiary/aromatic N) is 1. The second kappa shape index (κ2) is 7.84. The lowest BCUT2D eigenvalue weighted by Gasteiger charge is -2.26. The monoisotopic (exact) mass is 366 g/mol. The molecular weight excluding hydrogens is 348 g/mol. The molecule has 0 saturated carbocycles. The molecule has 0 spiro atoms. The maximum atomic E-state index is 12.7. The van der Waals surface area contributed by atoms with Crippen LogP contribution in [0.5, 0.6) is 0 Å². The summed E-state index contributed by atoms with van der Waals surface area (Å²) in [5.41, 5.74) is -0.754. The molecule has 0 saturated heterocycles. The quantitative estimate of drug-likeness (QED) is 0.650. The Morgan fingerprint density at radius 2 is 1.63 bits per heavy atom. The van der Waals surface area contributed by atoms with Crippen LogP contribution in [0.2, 0.25) is 0 Å². The van der Waals surface area contributed by atoms with E-state index >= 15 is 0 Å². The van der Waals surface area contributed by atoms with Gasteiger partial charge in [-0.3, -0.25) is 10.1 Å². The third-order valence-corrected chi connectivity index (χ3v) is 3.90. The van der Waals surface area contributed by atoms with Gasteiger partial charge in [-0.25, -0.2) is 4.79 Å². The van der Waals surface area contributed by atoms with Crippen LogP contribution in [0.1, 0.15) is 16.8 Å². The highest BCUT2D eigenvalue weighted by Gasteiger charge is 2.41. The SMILES string of the molecule is Cc1cc(NC(=O)COC(=O)C(O)(c2ccccc2)c2ccccc2)on1. The van der Waals surface area contributed by atoms with Gasteiger partial charge in [0.25, 0.3) is 5.91 Å². The van der Waals surface area contributed by atoms with E-state index in [4.69, 9.17) is 9.26 Å². The molecule has 0 radical (unpaired) electrons. The third-order valence-electron chi connectivity index (χ3n) is 3.90. The highest BCUT2D eigenvalue weighted by atomic mass is 16.6. The Bertz CT molecular complexity index is 882. The molecule has 138 valence electrons. The van der Waals surface area contributed by atoms with Gasteiger partial charge in [0, 0.05) is 6.07 Å². The summed E-state index contributed by atoms with van der Waals surface area (Å²) in [6.45, 7) is 1.12. The summed E-state index contributed by atoms with van der Waals surface area (Å²) in [4.78, 5) is 24.7. The second-order valence-electron chi connectivity index (χ2n) is 5.90. The number of esters is 1. The zero-order valence-corrected chi connectivity index (χ0v) is 14.6. The lowest BCUT2D eigenvalue weighted by atomic mass is 9.86. The van der Waals surface area contributed by atoms with Crippen LogP contribution in [0.4, 0.5) is 5.88 Å². The molecule has 1 amide bonds. The number of anilines is 1. The van der Waals surface area contributed by atoms with Crippen molar-refractivity contribution in [1.29, 1.82) is 0 Å². The summed E-state index contributed by atoms with van der Waals surface area (Å²) < 4.78 is 9.97. The molecule has 3 aromatic rings. The van der Waals surface area contributed by atoms with Crippen molar-refractivity contribution in [2.45, 2.75) is 12.5 Å². The van der Waals surface area contributed by atoms with Crippen LogP contribution in [-0.2, 0) is 19.9 Å². The normalized spacial score (nSPS) is 11.0. The van der Waals surface area contributed by atoms with Crippen molar-refractivity contribution < 1.29 is 24.0 Å². The van der Waals surface area contributed by atoms with Crippen molar-refractivity contribution in [1.82, 2.24) is 5.16 Å². The number of ether oxygens (including phenoxy) is 1. The molecular formula is C20H18N2O5. The minimum absolute atomic E-state index is 0.148. The van der Waals surface area contributed by atoms with Gasteiger partial charge in [0.15, 0.2) is 6.61 Å². The fraction of sp³-hybridized carbons (Fsp3) is 0.150. The molecule has 1 heterocycles. The van der Waals surface area contributed by atoms with Crippen molar-refractivity contribution >= 4 is 17.8 Å². The van der Waals surface area contributed by atoms with Gasteiger partial charge < -0.3 is 14.4 Å². The van der Waals surface area contributed by atoms with Crippen LogP contribution in [0.15, 0.2) is 71.3 Å². The Balaban J connectivity index is 1.77. The number of aliphatic hydroxyl groups is 1. The first-order valence-electron chi connectivity index (χ1n) is 8.24. The maximum Gasteiger partial charge on any atom is 0.348 e. The van der Waals surface area contributed by atoms with Gasteiger partial charge in [0.05, 0.1) is 5.69 Å². The van der Waals surface area contributed by atoms with Crippen LogP contribution in [0, 0.1) is 6.92 Å². The minimum Gasteiger partial charge on any atom is -0.453 e. The zero-order valence-electron chi connectivity index (χ0n) is 14.6. The number of hydrogen-bond donors (Lipinski definition) is 2. The maximum absolute atomic E-state index is 12.7. The number of benzene rings is 2. The number of aryl methyl sites for hydroxylation is 1. The molecule has 27 heavy (non-hydrogen) atoms. The lowest BCUT2D eigenvalue weighted by molar-refractivity contribution is -0.164. The Morgan fingerprint density at radius 1 is 1.07 bits per heavy atom. The highest BCUT2D eigenvalue weighted by Crippen LogP contribution is 2.31. The number of carbonyl (C=O) groups excluding carboxylic acids is 2. The molecule has 3 rings (SSSR count). The van der Waals surface area contributed by atoms with Gasteiger partial charge in [-0.2, -0.15) is 0 Å². The largest absolute Gasteiger partial charge is 0.453 e. The molecule has 2 N–H and O–H groups in total. The van der Waals surface area contributed by atoms with Crippen molar-refractivity contribution in [3.8, 4) is 0 Å². The van der Waals surface area contributed by atoms with E-state index in [-0.39, 0.29) is 5.88 Å². The van der Waals surface area contributed by atoms with E-state index in [2.05, 4.69) is 10.5 Å². The first-order chi connectivity index (χ1) is 13.0. The molecule has 2 aromatic carbocycles. The fourth-order valence-electron chi connectivity index (χ4n) is 2.59. The number of hydrogen-bond acceptors (Lipinski definition) is 6. The number of rotatable bonds is 6. The Hall–Kier alpha value is -3.45. The van der Waals surface area contributed by atoms with E-state index in [9.17, 15) is 14.7 Å². The number of aromatic nitrogens is 1. The zero-order chi connectivity index (χ0) is 19.3. The van der Waals surface area contributed by atoms with Crippen LogP contribution >= 0.6 is 0 Å². The van der Waals surface area contributed by atoms with E-state index in [1.54, 1.807) is 67.6 Å². The van der Waals surface area contributed by atoms with Crippen LogP contribution in [-0.4, -0.2) is 28.7 Å². The predicted molar refractivity (Wildman–Crippen MR) is 96.7 cm³/mol. The van der Waals surface area contributed by atoms with E-state index in [1.165, 1.54) is 6.07 Å². The Kier molecular flexibility index (Phi) is 5.33. The molecule has 0 bridgehead atoms. The van der Waals surface area contributed by atoms with Gasteiger partial charge in [-0.05, 0) is 18.1 Å². The Morgan fingerprint density at radius 3 is 2.11 bits per heavy atom. The number of nitrogens with one attached hydrogen (secondary N) is 1. The van der Waals surface area contributed by atoms with Gasteiger partial charge in [-0.1, -0.05) is 65.8 Å². The van der Waals surface area contributed by atoms with Crippen molar-refractivity contribution in [2.24, 2.45) is 0 Å². The van der Waals surface area contributed by atoms with E-state index in [1.807, 2.05) is 0 Å². The summed E-state index contributed by atoms with van der Waals surface area (Å²) >= 11 is 0. The number of carbonyl (C=O) groups is 2. The molecule has 0 aliphatic carbocycles. The van der Waals surface area contributed by atoms with Gasteiger partial charge in [0.1, 0.15) is 0 Å². The molecule has 0 atom stereocenters. The van der Waals surface area contributed by atoms with Crippen molar-refractivity contribution in [3.63, 3.8) is 0 Å². The smallest absolute Gasteiger partial charge is 0.348 e. The first-order valence-corrected chi connectivity index (χ1v) is 8.24. The second-order valence-corrected chi connectivity index (χ2v) is 5.90. The average Bonchev–Trinajstić information content (AvgIpc) is 3.11. The van der Waals surface area contributed by atoms with Crippen LogP contribution in [0.3, 0.4) is 0 Å². The van der Waals surface area contributed by atoms with Crippen LogP contribution in [0.25, 0.3) is 0 Å². The predicted octanol–water partition coefficient (Wildman–Crippen LogP) is 2.40. The third kappa shape index (κ3) is 4.04. The Labute approximate surface area is 155 Å². The molecule has 0 aliphatic rings. The first kappa shape index (κ1) is 18.3. The minimum atomic E-state index is -2.04. The van der Waals surface area contributed by atoms with Gasteiger partial charge in [-0.15, -0.1) is 0 Å². The highest BCUT2D eigenvalue weighted by molar-refractivity contribution is 5.93. The fourth-order valence-corrected chi connectivity index (χ4v) is 2.59. The standard InChI is InChI=1S/C20H18N2O5/c1-14-12-18(27-22-14)21-17(23)13-26-19(24)20(25,15-8-4-2-5-9-15)16-10-6-3-7-11-16/h2-12,25H,13H2,1H3,(H,21,23). The topological polar surface area (TPSA) is 102 Å². The van der Waals surface area contributed by atoms with Gasteiger partial charge >= 0.3 is 5.97 Å². The lowest BCUT2D eigenvalue weighted by Crippen LogP contribution is -2.39. The van der Waals surface area contributed by atoms with Crippen molar-refractivity contribution in [2.75, 3.05) is 11.9 Å². The summed E-state index contributed by atoms with van der Waals surface area (Å²) in [6, 6.07) is 18.4. The van der Waals surface area contributed by atoms with E-state index < -0.39 is 24.1 Å². The molecule has 0 aliphatic heterocycles. The van der Waals surface area contributed by atoms with E-state index in [0.717, 1.165) is 0 Å². The summed E-state index contributed by atoms with van der Waals surface area (Å²) in [5.74, 6) is -1.42. The molecule has 0 unspecified atom stereocenters. The molecule has 0 fully saturated rings. The van der Waals surface area contributed by atoms with Crippen molar-refractivity contribution in [3.05, 3.63) is 83.6 Å². The average molecular weight is 366 g/mol.